The molecule has 138 valence electrons. The van der Waals surface area contributed by atoms with E-state index in [-0.39, 0.29) is 11.6 Å². The Kier molecular flexibility index (Phi) is 5.55. The Balaban J connectivity index is 2.03. The smallest absolute Gasteiger partial charge is 0.344 e. The average molecular weight is 365 g/mol. The maximum Gasteiger partial charge on any atom is 0.344 e. The van der Waals surface area contributed by atoms with Crippen molar-refractivity contribution in [3.63, 3.8) is 0 Å². The van der Waals surface area contributed by atoms with Crippen LogP contribution in [0.4, 0.5) is 10.2 Å². The predicted molar refractivity (Wildman–Crippen MR) is 88.5 cm³/mol. The van der Waals surface area contributed by atoms with Gasteiger partial charge in [0.05, 0.1) is 0 Å². The number of rotatable bonds is 6. The molecule has 0 bridgehead atoms. The van der Waals surface area contributed by atoms with E-state index in [1.54, 1.807) is 0 Å². The highest BCUT2D eigenvalue weighted by atomic mass is 19.1. The molecule has 0 radical (unpaired) electrons. The molecule has 0 aliphatic rings. The summed E-state index contributed by atoms with van der Waals surface area (Å²) < 4.78 is 24.7. The van der Waals surface area contributed by atoms with Crippen LogP contribution in [0.3, 0.4) is 0 Å². The van der Waals surface area contributed by atoms with Crippen molar-refractivity contribution in [3.05, 3.63) is 56.5 Å². The monoisotopic (exact) mass is 365 g/mol. The van der Waals surface area contributed by atoms with Crippen molar-refractivity contribution in [3.8, 4) is 5.75 Å². The summed E-state index contributed by atoms with van der Waals surface area (Å²) in [5, 5.41) is 0. The lowest BCUT2D eigenvalue weighted by Gasteiger charge is -2.11. The van der Waals surface area contributed by atoms with Gasteiger partial charge in [-0.3, -0.25) is 18.7 Å². The van der Waals surface area contributed by atoms with Crippen LogP contribution in [0.1, 0.15) is 10.4 Å². The highest BCUT2D eigenvalue weighted by Crippen LogP contribution is 2.15. The number of esters is 1. The standard InChI is InChI=1S/C16H16FN3O6/c1-19-14(18)13(15(23)20(2)16(19)24)10(21)7-26-12(22)8-25-11-6-4-3-5-9(11)17/h3-6H,7-8,18H2,1-2H3. The Morgan fingerprint density at radius 3 is 2.42 bits per heavy atom. The summed E-state index contributed by atoms with van der Waals surface area (Å²) in [5.41, 5.74) is 3.58. The lowest BCUT2D eigenvalue weighted by Crippen LogP contribution is -2.42. The highest BCUT2D eigenvalue weighted by molar-refractivity contribution is 6.01. The molecule has 9 nitrogen and oxygen atoms in total. The number of nitrogens with zero attached hydrogens (tertiary/aromatic N) is 2. The third-order valence-corrected chi connectivity index (χ3v) is 3.54. The van der Waals surface area contributed by atoms with Crippen molar-refractivity contribution in [2.45, 2.75) is 0 Å². The molecule has 1 aromatic carbocycles. The molecule has 0 unspecified atom stereocenters. The maximum atomic E-state index is 13.4. The van der Waals surface area contributed by atoms with Gasteiger partial charge in [-0.05, 0) is 12.1 Å². The van der Waals surface area contributed by atoms with Crippen LogP contribution >= 0.6 is 0 Å². The lowest BCUT2D eigenvalue weighted by atomic mass is 10.2. The summed E-state index contributed by atoms with van der Waals surface area (Å²) in [7, 11) is 2.48. The van der Waals surface area contributed by atoms with Crippen LogP contribution in [0.25, 0.3) is 0 Å². The number of anilines is 1. The first kappa shape index (κ1) is 18.9. The van der Waals surface area contributed by atoms with Crippen LogP contribution in [-0.4, -0.2) is 34.1 Å². The number of Topliss-reactive ketones (excluding diaryl/α,β-unsaturated/α-hetero) is 1. The van der Waals surface area contributed by atoms with Gasteiger partial charge in [0, 0.05) is 14.1 Å². The van der Waals surface area contributed by atoms with Crippen molar-refractivity contribution in [1.82, 2.24) is 9.13 Å². The van der Waals surface area contributed by atoms with Gasteiger partial charge in [-0.15, -0.1) is 0 Å². The zero-order valence-electron chi connectivity index (χ0n) is 14.0. The molecule has 26 heavy (non-hydrogen) atoms. The number of ether oxygens (including phenoxy) is 2. The Morgan fingerprint density at radius 2 is 1.77 bits per heavy atom. The fourth-order valence-corrected chi connectivity index (χ4v) is 2.08. The van der Waals surface area contributed by atoms with Gasteiger partial charge in [0.25, 0.3) is 5.56 Å². The average Bonchev–Trinajstić information content (AvgIpc) is 2.62. The first-order valence-corrected chi connectivity index (χ1v) is 7.35. The molecule has 0 fully saturated rings. The van der Waals surface area contributed by atoms with Crippen molar-refractivity contribution >= 4 is 17.6 Å². The molecule has 0 aliphatic carbocycles. The summed E-state index contributed by atoms with van der Waals surface area (Å²) in [6, 6.07) is 5.45. The fourth-order valence-electron chi connectivity index (χ4n) is 2.08. The van der Waals surface area contributed by atoms with E-state index in [0.717, 1.165) is 10.6 Å². The van der Waals surface area contributed by atoms with Gasteiger partial charge < -0.3 is 15.2 Å². The molecule has 0 atom stereocenters. The van der Waals surface area contributed by atoms with E-state index < -0.39 is 47.6 Å². The SMILES string of the molecule is Cn1c(N)c(C(=O)COC(=O)COc2ccccc2F)c(=O)n(C)c1=O. The summed E-state index contributed by atoms with van der Waals surface area (Å²) in [5.74, 6) is -2.95. The number of para-hydroxylation sites is 1. The second-order valence-electron chi connectivity index (χ2n) is 5.27. The van der Waals surface area contributed by atoms with E-state index >= 15 is 0 Å². The number of hydrogen-bond donors (Lipinski definition) is 1. The summed E-state index contributed by atoms with van der Waals surface area (Å²) in [6.45, 7) is -1.41. The number of benzene rings is 1. The molecule has 1 heterocycles. The maximum absolute atomic E-state index is 13.4. The van der Waals surface area contributed by atoms with Crippen molar-refractivity contribution in [2.75, 3.05) is 18.9 Å². The Labute approximate surface area is 146 Å². The number of nitrogen functional groups attached to an aromatic ring is 1. The summed E-state index contributed by atoms with van der Waals surface area (Å²) in [4.78, 5) is 47.5. The van der Waals surface area contributed by atoms with Gasteiger partial charge in [-0.2, -0.15) is 0 Å². The van der Waals surface area contributed by atoms with Crippen LogP contribution < -0.4 is 21.7 Å². The largest absolute Gasteiger partial charge is 0.479 e. The van der Waals surface area contributed by atoms with E-state index in [0.29, 0.717) is 4.57 Å². The van der Waals surface area contributed by atoms with Gasteiger partial charge in [0.15, 0.2) is 24.8 Å². The van der Waals surface area contributed by atoms with Gasteiger partial charge >= 0.3 is 11.7 Å². The lowest BCUT2D eigenvalue weighted by molar-refractivity contribution is -0.144. The Bertz CT molecular complexity index is 979. The number of ketones is 1. The molecule has 2 N–H and O–H groups in total. The Hall–Kier alpha value is -3.43. The molecule has 0 saturated heterocycles. The topological polar surface area (TPSA) is 123 Å². The molecule has 0 saturated carbocycles. The van der Waals surface area contributed by atoms with Crippen molar-refractivity contribution in [2.24, 2.45) is 14.1 Å². The summed E-state index contributed by atoms with van der Waals surface area (Å²) >= 11 is 0. The van der Waals surface area contributed by atoms with Gasteiger partial charge in [-0.25, -0.2) is 14.0 Å². The molecule has 0 aliphatic heterocycles. The van der Waals surface area contributed by atoms with Crippen LogP contribution in [0.5, 0.6) is 5.75 Å². The first-order chi connectivity index (χ1) is 12.2. The van der Waals surface area contributed by atoms with Crippen LogP contribution in [0, 0.1) is 5.82 Å². The minimum atomic E-state index is -0.943. The zero-order chi connectivity index (χ0) is 19.4. The van der Waals surface area contributed by atoms with E-state index in [1.807, 2.05) is 0 Å². The molecule has 10 heteroatoms. The number of hydrogen-bond acceptors (Lipinski definition) is 7. The second-order valence-corrected chi connectivity index (χ2v) is 5.27. The molecular weight excluding hydrogens is 349 g/mol. The molecular formula is C16H16FN3O6. The van der Waals surface area contributed by atoms with E-state index in [2.05, 4.69) is 0 Å². The second kappa shape index (κ2) is 7.64. The Morgan fingerprint density at radius 1 is 1.12 bits per heavy atom. The minimum absolute atomic E-state index is 0.146. The molecule has 0 spiro atoms. The molecule has 2 aromatic rings. The zero-order valence-corrected chi connectivity index (χ0v) is 14.0. The molecule has 2 rings (SSSR count). The fraction of sp³-hybridized carbons (Fsp3) is 0.250. The van der Waals surface area contributed by atoms with Gasteiger partial charge in [0.1, 0.15) is 11.4 Å². The van der Waals surface area contributed by atoms with Gasteiger partial charge in [0.2, 0.25) is 5.78 Å². The first-order valence-electron chi connectivity index (χ1n) is 7.35. The third kappa shape index (κ3) is 3.79. The van der Waals surface area contributed by atoms with Crippen LogP contribution in [0.15, 0.2) is 33.9 Å². The van der Waals surface area contributed by atoms with Crippen molar-refractivity contribution in [1.29, 1.82) is 0 Å². The minimum Gasteiger partial charge on any atom is -0.479 e. The number of carbonyl (C=O) groups is 2. The number of halogens is 1. The van der Waals surface area contributed by atoms with Gasteiger partial charge in [-0.1, -0.05) is 12.1 Å². The molecule has 1 aromatic heterocycles. The van der Waals surface area contributed by atoms with E-state index in [1.165, 1.54) is 32.3 Å². The van der Waals surface area contributed by atoms with E-state index in [4.69, 9.17) is 15.2 Å². The number of nitrogens with two attached hydrogens (primary N) is 1. The number of carbonyl (C=O) groups excluding carboxylic acids is 2. The quantitative estimate of drug-likeness (QED) is 0.546. The van der Waals surface area contributed by atoms with E-state index in [9.17, 15) is 23.6 Å². The third-order valence-electron chi connectivity index (χ3n) is 3.54. The van der Waals surface area contributed by atoms with Crippen molar-refractivity contribution < 1.29 is 23.5 Å². The normalized spacial score (nSPS) is 10.4. The van der Waals surface area contributed by atoms with Crippen LogP contribution in [0.2, 0.25) is 0 Å². The predicted octanol–water partition coefficient (Wildman–Crippen LogP) is -0.390. The van der Waals surface area contributed by atoms with Crippen LogP contribution in [-0.2, 0) is 23.6 Å². The summed E-state index contributed by atoms with van der Waals surface area (Å²) in [6.07, 6.45) is 0. The number of aromatic nitrogens is 2. The molecule has 0 amide bonds. The highest BCUT2D eigenvalue weighted by Gasteiger charge is 2.21.